The molecule has 1 aliphatic rings. The van der Waals surface area contributed by atoms with Gasteiger partial charge in [-0.15, -0.1) is 0 Å². The standard InChI is InChI=1S/C15H23N/c1-14(2)8-5-9-15(3,4)13-10-11(16)6-7-12(13)14/h6-7,10H,5,8-9,16H2,1-4H3. The van der Waals surface area contributed by atoms with E-state index in [9.17, 15) is 0 Å². The maximum atomic E-state index is 5.94. The van der Waals surface area contributed by atoms with Gasteiger partial charge in [0.2, 0.25) is 0 Å². The molecule has 2 rings (SSSR count). The molecule has 1 heteroatoms. The van der Waals surface area contributed by atoms with Crippen molar-refractivity contribution in [3.63, 3.8) is 0 Å². The fraction of sp³-hybridized carbons (Fsp3) is 0.600. The van der Waals surface area contributed by atoms with Crippen LogP contribution < -0.4 is 5.73 Å². The van der Waals surface area contributed by atoms with Crippen molar-refractivity contribution >= 4 is 5.69 Å². The normalized spacial score (nSPS) is 22.2. The maximum Gasteiger partial charge on any atom is 0.0317 e. The maximum absolute atomic E-state index is 5.94. The quantitative estimate of drug-likeness (QED) is 0.516. The summed E-state index contributed by atoms with van der Waals surface area (Å²) in [5.41, 5.74) is 10.3. The minimum Gasteiger partial charge on any atom is -0.399 e. The average Bonchev–Trinajstić information content (AvgIpc) is 2.23. The van der Waals surface area contributed by atoms with Gasteiger partial charge >= 0.3 is 0 Å². The molecule has 1 nitrogen and oxygen atoms in total. The van der Waals surface area contributed by atoms with Gasteiger partial charge in [0.15, 0.2) is 0 Å². The molecule has 1 aliphatic carbocycles. The number of benzene rings is 1. The van der Waals surface area contributed by atoms with Crippen LogP contribution in [0.3, 0.4) is 0 Å². The Kier molecular flexibility index (Phi) is 2.52. The van der Waals surface area contributed by atoms with Gasteiger partial charge in [-0.3, -0.25) is 0 Å². The molecule has 16 heavy (non-hydrogen) atoms. The molecule has 0 aliphatic heterocycles. The van der Waals surface area contributed by atoms with Crippen molar-refractivity contribution in [3.05, 3.63) is 29.3 Å². The van der Waals surface area contributed by atoms with Gasteiger partial charge in [0.05, 0.1) is 0 Å². The monoisotopic (exact) mass is 217 g/mol. The van der Waals surface area contributed by atoms with Crippen LogP contribution in [0.2, 0.25) is 0 Å². The second kappa shape index (κ2) is 3.51. The molecule has 0 bridgehead atoms. The van der Waals surface area contributed by atoms with Gasteiger partial charge in [-0.1, -0.05) is 40.2 Å². The molecule has 0 saturated carbocycles. The van der Waals surface area contributed by atoms with Crippen LogP contribution in [-0.2, 0) is 10.8 Å². The molecule has 2 N–H and O–H groups in total. The fourth-order valence-corrected chi connectivity index (χ4v) is 2.95. The number of rotatable bonds is 0. The van der Waals surface area contributed by atoms with Crippen molar-refractivity contribution in [2.75, 3.05) is 5.73 Å². The smallest absolute Gasteiger partial charge is 0.0317 e. The van der Waals surface area contributed by atoms with Crippen LogP contribution >= 0.6 is 0 Å². The predicted molar refractivity (Wildman–Crippen MR) is 70.8 cm³/mol. The Morgan fingerprint density at radius 1 is 0.938 bits per heavy atom. The summed E-state index contributed by atoms with van der Waals surface area (Å²) < 4.78 is 0. The van der Waals surface area contributed by atoms with Gasteiger partial charge in [-0.2, -0.15) is 0 Å². The van der Waals surface area contributed by atoms with Gasteiger partial charge in [0.1, 0.15) is 0 Å². The van der Waals surface area contributed by atoms with E-state index >= 15 is 0 Å². The molecule has 88 valence electrons. The Hall–Kier alpha value is -0.980. The van der Waals surface area contributed by atoms with Gasteiger partial charge in [0, 0.05) is 5.69 Å². The predicted octanol–water partition coefficient (Wildman–Crippen LogP) is 4.01. The molecule has 0 atom stereocenters. The summed E-state index contributed by atoms with van der Waals surface area (Å²) in [6, 6.07) is 6.46. The van der Waals surface area contributed by atoms with Crippen molar-refractivity contribution in [1.29, 1.82) is 0 Å². The number of hydrogen-bond donors (Lipinski definition) is 1. The van der Waals surface area contributed by atoms with E-state index in [1.54, 1.807) is 0 Å². The summed E-state index contributed by atoms with van der Waals surface area (Å²) in [7, 11) is 0. The van der Waals surface area contributed by atoms with E-state index in [1.165, 1.54) is 30.4 Å². The summed E-state index contributed by atoms with van der Waals surface area (Å²) >= 11 is 0. The molecule has 0 radical (unpaired) electrons. The summed E-state index contributed by atoms with van der Waals surface area (Å²) in [4.78, 5) is 0. The zero-order valence-corrected chi connectivity index (χ0v) is 10.9. The van der Waals surface area contributed by atoms with Gasteiger partial charge in [-0.05, 0) is 46.9 Å². The molecule has 0 aromatic heterocycles. The molecule has 0 heterocycles. The first kappa shape index (κ1) is 11.5. The van der Waals surface area contributed by atoms with Crippen LogP contribution in [0.1, 0.15) is 58.1 Å². The highest BCUT2D eigenvalue weighted by molar-refractivity contribution is 5.50. The molecule has 0 unspecified atom stereocenters. The van der Waals surface area contributed by atoms with Crippen molar-refractivity contribution in [3.8, 4) is 0 Å². The number of hydrogen-bond acceptors (Lipinski definition) is 1. The Morgan fingerprint density at radius 2 is 1.50 bits per heavy atom. The molecule has 0 spiro atoms. The molecule has 0 saturated heterocycles. The van der Waals surface area contributed by atoms with Crippen molar-refractivity contribution < 1.29 is 0 Å². The van der Waals surface area contributed by atoms with Crippen LogP contribution in [0, 0.1) is 0 Å². The summed E-state index contributed by atoms with van der Waals surface area (Å²) in [6.07, 6.45) is 3.83. The topological polar surface area (TPSA) is 26.0 Å². The lowest BCUT2D eigenvalue weighted by molar-refractivity contribution is 0.433. The zero-order chi connectivity index (χ0) is 12.0. The lowest BCUT2D eigenvalue weighted by atomic mass is 9.75. The summed E-state index contributed by atoms with van der Waals surface area (Å²) in [5.74, 6) is 0. The highest BCUT2D eigenvalue weighted by Gasteiger charge is 2.33. The van der Waals surface area contributed by atoms with Gasteiger partial charge in [0.25, 0.3) is 0 Å². The zero-order valence-electron chi connectivity index (χ0n) is 10.9. The SMILES string of the molecule is CC1(C)CCCC(C)(C)c2cc(N)ccc21. The number of fused-ring (bicyclic) bond motifs is 1. The second-order valence-electron chi connectivity index (χ2n) is 6.43. The first-order valence-corrected chi connectivity index (χ1v) is 6.23. The van der Waals surface area contributed by atoms with Gasteiger partial charge in [-0.25, -0.2) is 0 Å². The molecular formula is C15H23N. The molecule has 0 fully saturated rings. The van der Waals surface area contributed by atoms with Crippen LogP contribution in [0.4, 0.5) is 5.69 Å². The summed E-state index contributed by atoms with van der Waals surface area (Å²) in [6.45, 7) is 9.38. The average molecular weight is 217 g/mol. The lowest BCUT2D eigenvalue weighted by Gasteiger charge is -2.30. The number of nitrogens with two attached hydrogens (primary N) is 1. The van der Waals surface area contributed by atoms with Crippen LogP contribution in [0.5, 0.6) is 0 Å². The Bertz CT molecular complexity index is 402. The van der Waals surface area contributed by atoms with E-state index in [0.29, 0.717) is 0 Å². The molecule has 0 amide bonds. The molecule has 1 aromatic carbocycles. The third-order valence-electron chi connectivity index (χ3n) is 4.11. The minimum absolute atomic E-state index is 0.262. The molecular weight excluding hydrogens is 194 g/mol. The minimum atomic E-state index is 0.262. The third-order valence-corrected chi connectivity index (χ3v) is 4.11. The van der Waals surface area contributed by atoms with E-state index in [2.05, 4.69) is 39.8 Å². The van der Waals surface area contributed by atoms with Crippen LogP contribution in [0.25, 0.3) is 0 Å². The summed E-state index contributed by atoms with van der Waals surface area (Å²) in [5, 5.41) is 0. The van der Waals surface area contributed by atoms with Crippen LogP contribution in [0.15, 0.2) is 18.2 Å². The van der Waals surface area contributed by atoms with E-state index < -0.39 is 0 Å². The first-order chi connectivity index (χ1) is 7.33. The second-order valence-corrected chi connectivity index (χ2v) is 6.43. The Balaban J connectivity index is 2.65. The highest BCUT2D eigenvalue weighted by atomic mass is 14.5. The largest absolute Gasteiger partial charge is 0.399 e. The van der Waals surface area contributed by atoms with Crippen molar-refractivity contribution in [1.82, 2.24) is 0 Å². The fourth-order valence-electron chi connectivity index (χ4n) is 2.95. The van der Waals surface area contributed by atoms with Gasteiger partial charge < -0.3 is 5.73 Å². The highest BCUT2D eigenvalue weighted by Crippen LogP contribution is 2.43. The first-order valence-electron chi connectivity index (χ1n) is 6.23. The van der Waals surface area contributed by atoms with E-state index in [-0.39, 0.29) is 10.8 Å². The Labute approximate surface area is 99.0 Å². The van der Waals surface area contributed by atoms with E-state index in [1.807, 2.05) is 6.07 Å². The number of anilines is 1. The Morgan fingerprint density at radius 3 is 2.12 bits per heavy atom. The van der Waals surface area contributed by atoms with Crippen LogP contribution in [-0.4, -0.2) is 0 Å². The number of nitrogen functional groups attached to an aromatic ring is 1. The van der Waals surface area contributed by atoms with Crippen molar-refractivity contribution in [2.45, 2.75) is 57.8 Å². The molecule has 1 aromatic rings. The lowest BCUT2D eigenvalue weighted by Crippen LogP contribution is -2.22. The van der Waals surface area contributed by atoms with E-state index in [4.69, 9.17) is 5.73 Å². The third kappa shape index (κ3) is 1.83. The van der Waals surface area contributed by atoms with E-state index in [0.717, 1.165) is 5.69 Å². The van der Waals surface area contributed by atoms with Crippen molar-refractivity contribution in [2.24, 2.45) is 0 Å².